The molecule has 338 valence electrons. The fraction of sp³-hybridized carbons (Fsp3) is 0.925. The van der Waals surface area contributed by atoms with E-state index >= 15 is 0 Å². The van der Waals surface area contributed by atoms with Crippen molar-refractivity contribution < 1.29 is 123 Å². The first-order chi connectivity index (χ1) is 27.2. The van der Waals surface area contributed by atoms with Crippen molar-refractivity contribution in [2.75, 3.05) is 13.2 Å². The number of carbonyl (C=O) groups excluding carboxylic acids is 1. The maximum absolute atomic E-state index is 13.0. The van der Waals surface area contributed by atoms with Gasteiger partial charge in [0, 0.05) is 6.42 Å². The van der Waals surface area contributed by atoms with Gasteiger partial charge < -0.3 is 39.2 Å². The summed E-state index contributed by atoms with van der Waals surface area (Å²) < 4.78 is 87.0. The molecule has 0 saturated carbocycles. The Balaban J connectivity index is 0. The van der Waals surface area contributed by atoms with E-state index in [1.807, 2.05) is 0 Å². The van der Waals surface area contributed by atoms with E-state index in [1.165, 1.54) is 109 Å². The predicted octanol–water partition coefficient (Wildman–Crippen LogP) is 0.364. The maximum Gasteiger partial charge on any atom is 1.00 e. The fourth-order valence-electron chi connectivity index (χ4n) is 6.87. The van der Waals surface area contributed by atoms with Gasteiger partial charge in [0.15, 0.2) is 12.4 Å². The quantitative estimate of drug-likeness (QED) is 0.0217. The standard InChI is InChI=1S/C40H77NO14S2.2Na/c1-3-5-7-9-11-13-15-17-19-21-23-25-27-29-34(42)33(41-36(43)30-28-26-24-22-20-18-16-14-12-10-8-6-4-2)31-52-40-39(55-57(49,50)51)38(45)37(44)35(54-40)32-53-56(46,47)48;;/h27,29,33-35,37-40,42,44-45H,3-26,28,30-32H2,1-2H3,(H,41,43)(H,46,47,48)(H,49,50,51);;/q;2*+1/p-2/b29-27+;;/t33-,34+,35+,37-,38-,39+,40+;;/m0../s1. The molecule has 0 radical (unpaired) electrons. The first-order valence-corrected chi connectivity index (χ1v) is 24.4. The van der Waals surface area contributed by atoms with Gasteiger partial charge in [-0.2, -0.15) is 0 Å². The smallest absolute Gasteiger partial charge is 0.726 e. The van der Waals surface area contributed by atoms with Crippen molar-refractivity contribution in [3.05, 3.63) is 12.2 Å². The number of rotatable bonds is 37. The summed E-state index contributed by atoms with van der Waals surface area (Å²) in [4.78, 5) is 13.0. The van der Waals surface area contributed by atoms with Crippen LogP contribution in [0.3, 0.4) is 0 Å². The number of ether oxygens (including phenoxy) is 2. The zero-order chi connectivity index (χ0) is 42.4. The molecule has 19 heteroatoms. The molecule has 0 aromatic carbocycles. The minimum Gasteiger partial charge on any atom is -0.726 e. The Labute approximate surface area is 400 Å². The number of aliphatic hydroxyl groups is 3. The summed E-state index contributed by atoms with van der Waals surface area (Å²) in [6.07, 6.45) is 21.0. The Morgan fingerprint density at radius 2 is 1.14 bits per heavy atom. The number of aliphatic hydroxyl groups excluding tert-OH is 3. The number of hydrogen-bond acceptors (Lipinski definition) is 14. The van der Waals surface area contributed by atoms with Crippen LogP contribution >= 0.6 is 0 Å². The van der Waals surface area contributed by atoms with E-state index in [0.717, 1.165) is 44.9 Å². The molecule has 1 fully saturated rings. The first-order valence-electron chi connectivity index (χ1n) is 21.7. The largest absolute Gasteiger partial charge is 1.00 e. The normalized spacial score (nSPS) is 20.8. The molecule has 4 N–H and O–H groups in total. The van der Waals surface area contributed by atoms with E-state index in [1.54, 1.807) is 6.08 Å². The Hall–Kier alpha value is 0.750. The molecule has 0 spiro atoms. The van der Waals surface area contributed by atoms with E-state index in [9.17, 15) is 46.1 Å². The molecule has 1 aliphatic rings. The zero-order valence-corrected chi connectivity index (χ0v) is 42.3. The van der Waals surface area contributed by atoms with Crippen molar-refractivity contribution in [2.45, 2.75) is 224 Å². The minimum absolute atomic E-state index is 0. The van der Waals surface area contributed by atoms with Crippen molar-refractivity contribution in [1.29, 1.82) is 0 Å². The molecule has 1 amide bonds. The first kappa shape index (κ1) is 61.8. The van der Waals surface area contributed by atoms with E-state index in [-0.39, 0.29) is 71.4 Å². The summed E-state index contributed by atoms with van der Waals surface area (Å²) in [5.74, 6) is -0.369. The van der Waals surface area contributed by atoms with E-state index in [4.69, 9.17) is 9.47 Å². The van der Waals surface area contributed by atoms with Crippen molar-refractivity contribution in [3.63, 3.8) is 0 Å². The van der Waals surface area contributed by atoms with Crippen LogP contribution in [0.15, 0.2) is 12.2 Å². The van der Waals surface area contributed by atoms with E-state index in [2.05, 4.69) is 27.5 Å². The van der Waals surface area contributed by atoms with Crippen LogP contribution in [0, 0.1) is 0 Å². The van der Waals surface area contributed by atoms with Crippen LogP contribution in [0.2, 0.25) is 0 Å². The molecule has 0 bridgehead atoms. The van der Waals surface area contributed by atoms with Crippen LogP contribution in [-0.2, 0) is 43.4 Å². The topological polar surface area (TPSA) is 241 Å². The van der Waals surface area contributed by atoms with Gasteiger partial charge in [0.05, 0.1) is 25.4 Å². The molecule has 7 atom stereocenters. The number of carbonyl (C=O) groups is 1. The molecular weight excluding hydrogens is 829 g/mol. The van der Waals surface area contributed by atoms with Gasteiger partial charge in [-0.05, 0) is 19.3 Å². The number of unbranched alkanes of at least 4 members (excludes halogenated alkanes) is 23. The van der Waals surface area contributed by atoms with Crippen LogP contribution in [0.25, 0.3) is 0 Å². The molecule has 15 nitrogen and oxygen atoms in total. The van der Waals surface area contributed by atoms with Gasteiger partial charge in [0.2, 0.25) is 26.7 Å². The predicted molar refractivity (Wildman–Crippen MR) is 215 cm³/mol. The van der Waals surface area contributed by atoms with Crippen molar-refractivity contribution in [1.82, 2.24) is 5.32 Å². The average Bonchev–Trinajstić information content (AvgIpc) is 3.15. The summed E-state index contributed by atoms with van der Waals surface area (Å²) in [6, 6.07) is -1.11. The van der Waals surface area contributed by atoms with Gasteiger partial charge in [-0.15, -0.1) is 0 Å². The SMILES string of the molecule is CCCCCCCCCCCCC/C=C/[C@@H](O)[C@H](CO[C@@H]1O[C@H](COS(=O)(=O)[O-])[C@H](O)[C@H](O)[C@H]1OS(=O)(=O)[O-])NC(=O)CCCCCCCCCCCCCCC.[Na+].[Na+]. The number of nitrogens with one attached hydrogen (secondary N) is 1. The molecule has 0 aliphatic carbocycles. The van der Waals surface area contributed by atoms with Crippen LogP contribution in [-0.4, -0.2) is 103 Å². The van der Waals surface area contributed by atoms with Crippen molar-refractivity contribution >= 4 is 26.7 Å². The monoisotopic (exact) mass is 903 g/mol. The second-order valence-corrected chi connectivity index (χ2v) is 17.5. The molecule has 1 saturated heterocycles. The Bertz CT molecular complexity index is 1260. The van der Waals surface area contributed by atoms with Crippen molar-refractivity contribution in [3.8, 4) is 0 Å². The van der Waals surface area contributed by atoms with Crippen LogP contribution in [0.5, 0.6) is 0 Å². The second-order valence-electron chi connectivity index (χ2n) is 15.4. The Morgan fingerprint density at radius 3 is 1.58 bits per heavy atom. The third kappa shape index (κ3) is 33.9. The van der Waals surface area contributed by atoms with Gasteiger partial charge in [0.25, 0.3) is 0 Å². The third-order valence-corrected chi connectivity index (χ3v) is 11.1. The van der Waals surface area contributed by atoms with Gasteiger partial charge in [-0.25, -0.2) is 16.8 Å². The zero-order valence-electron chi connectivity index (χ0n) is 36.6. The summed E-state index contributed by atoms with van der Waals surface area (Å²) in [7, 11) is -10.7. The summed E-state index contributed by atoms with van der Waals surface area (Å²) >= 11 is 0. The summed E-state index contributed by atoms with van der Waals surface area (Å²) in [5, 5.41) is 34.8. The third-order valence-electron chi connectivity index (χ3n) is 10.3. The van der Waals surface area contributed by atoms with E-state index < -0.39 is 76.9 Å². The van der Waals surface area contributed by atoms with Gasteiger partial charge >= 0.3 is 59.1 Å². The molecule has 0 aromatic rings. The van der Waals surface area contributed by atoms with Crippen LogP contribution in [0.4, 0.5) is 0 Å². The van der Waals surface area contributed by atoms with Gasteiger partial charge in [-0.3, -0.25) is 13.2 Å². The Morgan fingerprint density at radius 1 is 0.695 bits per heavy atom. The molecule has 59 heavy (non-hydrogen) atoms. The summed E-state index contributed by atoms with van der Waals surface area (Å²) in [5.41, 5.74) is 0. The molecule has 0 aromatic heterocycles. The maximum atomic E-state index is 13.0. The second kappa shape index (κ2) is 38.1. The molecular formula is C40H75NNa2O14S2. The van der Waals surface area contributed by atoms with Gasteiger partial charge in [0.1, 0.15) is 18.3 Å². The van der Waals surface area contributed by atoms with E-state index in [0.29, 0.717) is 12.8 Å². The van der Waals surface area contributed by atoms with Crippen LogP contribution < -0.4 is 64.4 Å². The average molecular weight is 904 g/mol. The Kier molecular flexibility index (Phi) is 39.9. The molecule has 1 heterocycles. The van der Waals surface area contributed by atoms with Gasteiger partial charge in [-0.1, -0.05) is 167 Å². The minimum atomic E-state index is -5.49. The molecule has 1 aliphatic heterocycles. The van der Waals surface area contributed by atoms with Crippen LogP contribution in [0.1, 0.15) is 181 Å². The fourth-order valence-corrected chi connectivity index (χ4v) is 7.65. The summed E-state index contributed by atoms with van der Waals surface area (Å²) in [6.45, 7) is 2.80. The number of hydrogen-bond donors (Lipinski definition) is 4. The number of amides is 1. The molecule has 0 unspecified atom stereocenters. The molecule has 1 rings (SSSR count). The van der Waals surface area contributed by atoms with Crippen molar-refractivity contribution in [2.24, 2.45) is 0 Å². The number of allylic oxidation sites excluding steroid dienone is 1.